The molecule has 0 unspecified atom stereocenters. The summed E-state index contributed by atoms with van der Waals surface area (Å²) in [5.74, 6) is -0.0479. The van der Waals surface area contributed by atoms with E-state index in [-0.39, 0.29) is 23.0 Å². The Morgan fingerprint density at radius 2 is 1.90 bits per heavy atom. The molecule has 1 aromatic carbocycles. The van der Waals surface area contributed by atoms with Gasteiger partial charge in [0.15, 0.2) is 0 Å². The summed E-state index contributed by atoms with van der Waals surface area (Å²) in [6.07, 6.45) is 0. The van der Waals surface area contributed by atoms with Crippen LogP contribution < -0.4 is 14.9 Å². The van der Waals surface area contributed by atoms with Gasteiger partial charge in [0.05, 0.1) is 16.4 Å². The number of nitrogens with one attached hydrogen (secondary N) is 2. The minimum absolute atomic E-state index is 0.0479. The molecule has 12 heteroatoms. The van der Waals surface area contributed by atoms with Crippen LogP contribution in [0.5, 0.6) is 0 Å². The number of likely N-dealkylation sites (N-methyl/N-ethyl adjacent to an activating group) is 2. The summed E-state index contributed by atoms with van der Waals surface area (Å²) < 4.78 is 27.4. The van der Waals surface area contributed by atoms with Crippen LogP contribution in [0.2, 0.25) is 0 Å². The lowest BCUT2D eigenvalue weighted by Crippen LogP contribution is -2.49. The third kappa shape index (κ3) is 6.62. The fraction of sp³-hybridized carbons (Fsp3) is 0.611. The molecule has 0 aromatic heterocycles. The molecule has 168 valence electrons. The molecule has 30 heavy (non-hydrogen) atoms. The third-order valence-corrected chi connectivity index (χ3v) is 6.22. The molecule has 0 bridgehead atoms. The number of piperazine rings is 1. The molecule has 1 saturated heterocycles. The fourth-order valence-corrected chi connectivity index (χ4v) is 4.21. The molecule has 1 aliphatic heterocycles. The van der Waals surface area contributed by atoms with Gasteiger partial charge in [-0.2, -0.15) is 0 Å². The van der Waals surface area contributed by atoms with E-state index in [1.807, 2.05) is 35.7 Å². The number of nitro groups is 1. The number of carbonyl (C=O) groups excluding carboxylic acids is 1. The van der Waals surface area contributed by atoms with E-state index in [4.69, 9.17) is 0 Å². The van der Waals surface area contributed by atoms with Gasteiger partial charge >= 0.3 is 0 Å². The number of rotatable bonds is 10. The molecule has 0 radical (unpaired) electrons. The van der Waals surface area contributed by atoms with Gasteiger partial charge < -0.3 is 15.1 Å². The Hall–Kier alpha value is -2.28. The molecule has 2 N–H and O–H groups in total. The number of carbonyl (C=O) groups is 1. The Balaban J connectivity index is 2.11. The van der Waals surface area contributed by atoms with Gasteiger partial charge in [-0.3, -0.25) is 19.8 Å². The first-order valence-electron chi connectivity index (χ1n) is 9.81. The summed E-state index contributed by atoms with van der Waals surface area (Å²) >= 11 is 0. The Bertz CT molecular complexity index is 853. The summed E-state index contributed by atoms with van der Waals surface area (Å²) in [5.41, 5.74) is 0.132. The number of nitrogens with zero attached hydrogens (tertiary/aromatic N) is 4. The van der Waals surface area contributed by atoms with E-state index in [1.54, 1.807) is 0 Å². The maximum Gasteiger partial charge on any atom is 0.293 e. The highest BCUT2D eigenvalue weighted by Gasteiger charge is 2.27. The number of amides is 1. The molecule has 0 aliphatic carbocycles. The molecule has 1 aromatic rings. The van der Waals surface area contributed by atoms with Crippen molar-refractivity contribution < 1.29 is 18.1 Å². The van der Waals surface area contributed by atoms with Crippen molar-refractivity contribution in [1.82, 2.24) is 19.8 Å². The van der Waals surface area contributed by atoms with Gasteiger partial charge in [0, 0.05) is 51.9 Å². The zero-order chi connectivity index (χ0) is 22.3. The van der Waals surface area contributed by atoms with Gasteiger partial charge in [0.25, 0.3) is 5.69 Å². The Morgan fingerprint density at radius 3 is 2.47 bits per heavy atom. The largest absolute Gasteiger partial charge is 0.363 e. The Morgan fingerprint density at radius 1 is 1.23 bits per heavy atom. The van der Waals surface area contributed by atoms with Crippen LogP contribution in [0.1, 0.15) is 6.92 Å². The number of anilines is 1. The number of hydrogen-bond donors (Lipinski definition) is 2. The molecule has 1 fully saturated rings. The second-order valence-electron chi connectivity index (χ2n) is 7.33. The molecular weight excluding hydrogens is 412 g/mol. The lowest BCUT2D eigenvalue weighted by molar-refractivity contribution is -0.384. The second-order valence-corrected chi connectivity index (χ2v) is 9.09. The van der Waals surface area contributed by atoms with Crippen LogP contribution in [0.25, 0.3) is 0 Å². The van der Waals surface area contributed by atoms with Gasteiger partial charge in [0.2, 0.25) is 15.9 Å². The standard InChI is InChI=1S/C18H30N6O5S/c1-4-19-18(25)14-22-9-11-23(12-10-22)16-6-5-15(13-17(16)24(26)27)30(28,29)20-7-8-21(2)3/h5-6,13,20H,4,7-12,14H2,1-3H3,(H,19,25). The molecule has 0 spiro atoms. The molecule has 0 atom stereocenters. The number of nitro benzene ring substituents is 1. The van der Waals surface area contributed by atoms with Gasteiger partial charge in [-0.25, -0.2) is 13.1 Å². The van der Waals surface area contributed by atoms with Crippen molar-refractivity contribution >= 4 is 27.3 Å². The molecule has 0 saturated carbocycles. The monoisotopic (exact) mass is 442 g/mol. The molecule has 2 rings (SSSR count). The number of benzene rings is 1. The van der Waals surface area contributed by atoms with Crippen LogP contribution in [0.3, 0.4) is 0 Å². The van der Waals surface area contributed by atoms with E-state index in [0.717, 1.165) is 6.07 Å². The average Bonchev–Trinajstić information content (AvgIpc) is 2.68. The van der Waals surface area contributed by atoms with E-state index in [1.165, 1.54) is 12.1 Å². The normalized spacial score (nSPS) is 15.4. The maximum atomic E-state index is 12.5. The number of sulfonamides is 1. The van der Waals surface area contributed by atoms with Crippen LogP contribution in [0, 0.1) is 10.1 Å². The van der Waals surface area contributed by atoms with Crippen molar-refractivity contribution in [2.75, 3.05) is 71.4 Å². The molecule has 1 aliphatic rings. The van der Waals surface area contributed by atoms with E-state index in [9.17, 15) is 23.3 Å². The molecule has 1 amide bonds. The molecule has 11 nitrogen and oxygen atoms in total. The predicted octanol–water partition coefficient (Wildman–Crippen LogP) is -0.307. The van der Waals surface area contributed by atoms with E-state index in [2.05, 4.69) is 10.0 Å². The smallest absolute Gasteiger partial charge is 0.293 e. The SMILES string of the molecule is CCNC(=O)CN1CCN(c2ccc(S(=O)(=O)NCCN(C)C)cc2[N+](=O)[O-])CC1. The van der Waals surface area contributed by atoms with Crippen LogP contribution in [0.4, 0.5) is 11.4 Å². The summed E-state index contributed by atoms with van der Waals surface area (Å²) in [6, 6.07) is 3.98. The summed E-state index contributed by atoms with van der Waals surface area (Å²) in [6.45, 7) is 5.63. The van der Waals surface area contributed by atoms with E-state index in [0.29, 0.717) is 51.5 Å². The lowest BCUT2D eigenvalue weighted by atomic mass is 10.2. The Kier molecular flexibility index (Phi) is 8.53. The quantitative estimate of drug-likeness (QED) is 0.373. The van der Waals surface area contributed by atoms with Crippen molar-refractivity contribution in [1.29, 1.82) is 0 Å². The summed E-state index contributed by atoms with van der Waals surface area (Å²) in [7, 11) is -0.193. The third-order valence-electron chi connectivity index (χ3n) is 4.76. The minimum Gasteiger partial charge on any atom is -0.363 e. The van der Waals surface area contributed by atoms with E-state index < -0.39 is 14.9 Å². The first kappa shape index (κ1) is 24.0. The van der Waals surface area contributed by atoms with Crippen molar-refractivity contribution in [2.24, 2.45) is 0 Å². The first-order chi connectivity index (χ1) is 14.1. The van der Waals surface area contributed by atoms with Crippen molar-refractivity contribution in [3.8, 4) is 0 Å². The highest BCUT2D eigenvalue weighted by Crippen LogP contribution is 2.31. The van der Waals surface area contributed by atoms with Crippen LogP contribution in [-0.2, 0) is 14.8 Å². The lowest BCUT2D eigenvalue weighted by Gasteiger charge is -2.35. The topological polar surface area (TPSA) is 128 Å². The van der Waals surface area contributed by atoms with Gasteiger partial charge in [0.1, 0.15) is 5.69 Å². The maximum absolute atomic E-state index is 12.5. The zero-order valence-electron chi connectivity index (χ0n) is 17.6. The zero-order valence-corrected chi connectivity index (χ0v) is 18.4. The fourth-order valence-electron chi connectivity index (χ4n) is 3.17. The van der Waals surface area contributed by atoms with Crippen LogP contribution in [0.15, 0.2) is 23.1 Å². The number of hydrogen-bond acceptors (Lipinski definition) is 8. The van der Waals surface area contributed by atoms with Gasteiger partial charge in [-0.15, -0.1) is 0 Å². The van der Waals surface area contributed by atoms with Gasteiger partial charge in [-0.1, -0.05) is 0 Å². The highest BCUT2D eigenvalue weighted by molar-refractivity contribution is 7.89. The van der Waals surface area contributed by atoms with E-state index >= 15 is 0 Å². The first-order valence-corrected chi connectivity index (χ1v) is 11.3. The summed E-state index contributed by atoms with van der Waals surface area (Å²) in [4.78, 5) is 28.3. The predicted molar refractivity (Wildman–Crippen MR) is 114 cm³/mol. The average molecular weight is 443 g/mol. The summed E-state index contributed by atoms with van der Waals surface area (Å²) in [5, 5.41) is 14.4. The van der Waals surface area contributed by atoms with Crippen molar-refractivity contribution in [3.05, 3.63) is 28.3 Å². The van der Waals surface area contributed by atoms with Gasteiger partial charge in [-0.05, 0) is 33.2 Å². The minimum atomic E-state index is -3.84. The molecule has 1 heterocycles. The Labute approximate surface area is 177 Å². The highest BCUT2D eigenvalue weighted by atomic mass is 32.2. The van der Waals surface area contributed by atoms with Crippen molar-refractivity contribution in [2.45, 2.75) is 11.8 Å². The van der Waals surface area contributed by atoms with Crippen LogP contribution >= 0.6 is 0 Å². The second kappa shape index (κ2) is 10.7. The van der Waals surface area contributed by atoms with Crippen LogP contribution in [-0.4, -0.2) is 95.5 Å². The molecular formula is C18H30N6O5S. The van der Waals surface area contributed by atoms with Crippen molar-refractivity contribution in [3.63, 3.8) is 0 Å².